The Morgan fingerprint density at radius 3 is 1.42 bits per heavy atom. The number of nitrogens with two attached hydrogens (primary N) is 4. The SMILES string of the molecule is Nc1ccc(NCCCNc2ccc(N)cc2N)c(N)c1.O=S(=O)(O)O. The summed E-state index contributed by atoms with van der Waals surface area (Å²) in [4.78, 5) is 0. The van der Waals surface area contributed by atoms with Gasteiger partial charge in [-0.25, -0.2) is 0 Å². The molecule has 0 aromatic heterocycles. The van der Waals surface area contributed by atoms with E-state index in [0.29, 0.717) is 22.7 Å². The van der Waals surface area contributed by atoms with Gasteiger partial charge in [-0.3, -0.25) is 9.11 Å². The minimum atomic E-state index is -4.67. The molecule has 0 amide bonds. The Labute approximate surface area is 152 Å². The molecule has 2 aromatic carbocycles. The monoisotopic (exact) mass is 384 g/mol. The first-order chi connectivity index (χ1) is 12.1. The molecule has 0 unspecified atom stereocenters. The number of nitrogen functional groups attached to an aromatic ring is 4. The fourth-order valence-corrected chi connectivity index (χ4v) is 2.02. The smallest absolute Gasteiger partial charge is 0.394 e. The summed E-state index contributed by atoms with van der Waals surface area (Å²) in [5.74, 6) is 0. The van der Waals surface area contributed by atoms with Crippen molar-refractivity contribution >= 4 is 44.5 Å². The van der Waals surface area contributed by atoms with E-state index in [1.54, 1.807) is 12.1 Å². The van der Waals surface area contributed by atoms with Crippen LogP contribution in [0, 0.1) is 0 Å². The molecule has 0 saturated carbocycles. The highest BCUT2D eigenvalue weighted by molar-refractivity contribution is 7.79. The van der Waals surface area contributed by atoms with Gasteiger partial charge in [0, 0.05) is 24.5 Å². The van der Waals surface area contributed by atoms with E-state index >= 15 is 0 Å². The zero-order valence-corrected chi connectivity index (χ0v) is 14.8. The van der Waals surface area contributed by atoms with Gasteiger partial charge in [-0.05, 0) is 42.8 Å². The summed E-state index contributed by atoms with van der Waals surface area (Å²) >= 11 is 0. The molecule has 2 aromatic rings. The van der Waals surface area contributed by atoms with Crippen molar-refractivity contribution < 1.29 is 17.5 Å². The molecular formula is C15H24N6O4S. The Morgan fingerprint density at radius 1 is 0.769 bits per heavy atom. The second kappa shape index (κ2) is 9.56. The van der Waals surface area contributed by atoms with Crippen molar-refractivity contribution in [2.75, 3.05) is 46.7 Å². The van der Waals surface area contributed by atoms with Crippen LogP contribution in [0.25, 0.3) is 0 Å². The molecule has 0 spiro atoms. The van der Waals surface area contributed by atoms with Crippen molar-refractivity contribution in [1.82, 2.24) is 0 Å². The fourth-order valence-electron chi connectivity index (χ4n) is 2.02. The van der Waals surface area contributed by atoms with Crippen molar-refractivity contribution in [3.8, 4) is 0 Å². The lowest BCUT2D eigenvalue weighted by Crippen LogP contribution is -2.11. The molecule has 0 bridgehead atoms. The number of rotatable bonds is 6. The van der Waals surface area contributed by atoms with E-state index in [1.807, 2.05) is 24.3 Å². The van der Waals surface area contributed by atoms with Crippen LogP contribution in [0.15, 0.2) is 36.4 Å². The van der Waals surface area contributed by atoms with Crippen LogP contribution in [0.1, 0.15) is 6.42 Å². The molecular weight excluding hydrogens is 360 g/mol. The van der Waals surface area contributed by atoms with Gasteiger partial charge in [-0.15, -0.1) is 0 Å². The average Bonchev–Trinajstić information content (AvgIpc) is 2.49. The van der Waals surface area contributed by atoms with Crippen molar-refractivity contribution in [2.24, 2.45) is 0 Å². The summed E-state index contributed by atoms with van der Waals surface area (Å²) in [6, 6.07) is 10.9. The van der Waals surface area contributed by atoms with E-state index in [4.69, 9.17) is 40.5 Å². The minimum absolute atomic E-state index is 0.658. The molecule has 0 aliphatic heterocycles. The lowest BCUT2D eigenvalue weighted by molar-refractivity contribution is 0.381. The minimum Gasteiger partial charge on any atom is -0.399 e. The fraction of sp³-hybridized carbons (Fsp3) is 0.200. The first-order valence-corrected chi connectivity index (χ1v) is 8.93. The molecule has 10 nitrogen and oxygen atoms in total. The van der Waals surface area contributed by atoms with Crippen LogP contribution < -0.4 is 33.6 Å². The van der Waals surface area contributed by atoms with E-state index in [0.717, 1.165) is 30.9 Å². The molecule has 0 aliphatic carbocycles. The molecule has 0 saturated heterocycles. The van der Waals surface area contributed by atoms with Crippen LogP contribution in [-0.2, 0) is 10.4 Å². The van der Waals surface area contributed by atoms with Gasteiger partial charge in [-0.2, -0.15) is 8.42 Å². The summed E-state index contributed by atoms with van der Waals surface area (Å²) in [5.41, 5.74) is 27.5. The third-order valence-corrected chi connectivity index (χ3v) is 3.14. The summed E-state index contributed by atoms with van der Waals surface area (Å²) in [6.07, 6.45) is 0.924. The number of hydrogen-bond donors (Lipinski definition) is 8. The second-order valence-corrected chi connectivity index (χ2v) is 6.24. The Kier molecular flexibility index (Phi) is 7.77. The topological polar surface area (TPSA) is 203 Å². The molecule has 12 N–H and O–H groups in total. The average molecular weight is 384 g/mol. The van der Waals surface area contributed by atoms with Crippen LogP contribution >= 0.6 is 0 Å². The summed E-state index contributed by atoms with van der Waals surface area (Å²) in [7, 11) is -4.67. The number of anilines is 6. The van der Waals surface area contributed by atoms with Gasteiger partial charge >= 0.3 is 10.4 Å². The predicted molar refractivity (Wildman–Crippen MR) is 106 cm³/mol. The van der Waals surface area contributed by atoms with Gasteiger partial charge in [0.25, 0.3) is 0 Å². The first-order valence-electron chi connectivity index (χ1n) is 7.54. The maximum atomic E-state index is 8.74. The van der Waals surface area contributed by atoms with Crippen molar-refractivity contribution in [3.05, 3.63) is 36.4 Å². The van der Waals surface area contributed by atoms with Crippen LogP contribution in [0.3, 0.4) is 0 Å². The molecule has 2 rings (SSSR count). The Bertz CT molecular complexity index is 767. The highest BCUT2D eigenvalue weighted by atomic mass is 32.3. The zero-order valence-electron chi connectivity index (χ0n) is 14.0. The van der Waals surface area contributed by atoms with E-state index in [2.05, 4.69) is 10.6 Å². The molecule has 0 radical (unpaired) electrons. The Morgan fingerprint density at radius 2 is 1.12 bits per heavy atom. The van der Waals surface area contributed by atoms with Crippen LogP contribution in [0.4, 0.5) is 34.1 Å². The third kappa shape index (κ3) is 8.82. The maximum Gasteiger partial charge on any atom is 0.394 e. The number of nitrogens with one attached hydrogen (secondary N) is 2. The summed E-state index contributed by atoms with van der Waals surface area (Å²) < 4.78 is 31.6. The van der Waals surface area contributed by atoms with Gasteiger partial charge < -0.3 is 33.6 Å². The predicted octanol–water partition coefficient (Wildman–Crippen LogP) is 1.28. The standard InChI is InChI=1S/C15H22N6.H2O4S/c16-10-2-4-14(12(18)8-10)20-6-1-7-21-15-5-3-11(17)9-13(15)19;1-5(2,3)4/h2-5,8-9,20-21H,1,6-7,16-19H2;(H2,1,2,3,4). The molecule has 0 atom stereocenters. The molecule has 0 fully saturated rings. The van der Waals surface area contributed by atoms with Crippen LogP contribution in [-0.4, -0.2) is 30.6 Å². The van der Waals surface area contributed by atoms with Gasteiger partial charge in [0.2, 0.25) is 0 Å². The normalized spacial score (nSPS) is 10.5. The lowest BCUT2D eigenvalue weighted by Gasteiger charge is -2.12. The highest BCUT2D eigenvalue weighted by Crippen LogP contribution is 2.22. The number of hydrogen-bond acceptors (Lipinski definition) is 8. The second-order valence-electron chi connectivity index (χ2n) is 5.35. The lowest BCUT2D eigenvalue weighted by atomic mass is 10.2. The van der Waals surface area contributed by atoms with Crippen LogP contribution in [0.2, 0.25) is 0 Å². The summed E-state index contributed by atoms with van der Waals surface area (Å²) in [6.45, 7) is 1.60. The van der Waals surface area contributed by atoms with E-state index in [-0.39, 0.29) is 0 Å². The quantitative estimate of drug-likeness (QED) is 0.203. The van der Waals surface area contributed by atoms with Gasteiger partial charge in [0.1, 0.15) is 0 Å². The largest absolute Gasteiger partial charge is 0.399 e. The van der Waals surface area contributed by atoms with Crippen LogP contribution in [0.5, 0.6) is 0 Å². The summed E-state index contributed by atoms with van der Waals surface area (Å²) in [5, 5.41) is 6.56. The molecule has 26 heavy (non-hydrogen) atoms. The molecule has 11 heteroatoms. The van der Waals surface area contributed by atoms with Crippen molar-refractivity contribution in [2.45, 2.75) is 6.42 Å². The number of benzene rings is 2. The third-order valence-electron chi connectivity index (χ3n) is 3.14. The first kappa shape index (κ1) is 21.2. The molecule has 0 aliphatic rings. The Balaban J connectivity index is 0.000000597. The highest BCUT2D eigenvalue weighted by Gasteiger charge is 2.00. The van der Waals surface area contributed by atoms with E-state index < -0.39 is 10.4 Å². The van der Waals surface area contributed by atoms with Gasteiger partial charge in [-0.1, -0.05) is 0 Å². The zero-order chi connectivity index (χ0) is 19.7. The molecule has 0 heterocycles. The van der Waals surface area contributed by atoms with Crippen molar-refractivity contribution in [1.29, 1.82) is 0 Å². The molecule has 144 valence electrons. The van der Waals surface area contributed by atoms with Gasteiger partial charge in [0.05, 0.1) is 22.7 Å². The van der Waals surface area contributed by atoms with Gasteiger partial charge in [0.15, 0.2) is 0 Å². The van der Waals surface area contributed by atoms with E-state index in [1.165, 1.54) is 0 Å². The maximum absolute atomic E-state index is 8.74. The van der Waals surface area contributed by atoms with Crippen molar-refractivity contribution in [3.63, 3.8) is 0 Å². The Hall–Kier alpha value is -2.89. The van der Waals surface area contributed by atoms with E-state index in [9.17, 15) is 0 Å².